The van der Waals surface area contributed by atoms with Gasteiger partial charge in [0, 0.05) is 5.41 Å². The van der Waals surface area contributed by atoms with E-state index in [9.17, 15) is 14.4 Å². The van der Waals surface area contributed by atoms with E-state index in [-0.39, 0.29) is 38.0 Å². The molecule has 1 spiro atoms. The van der Waals surface area contributed by atoms with Gasteiger partial charge in [0.05, 0.1) is 32.1 Å². The minimum atomic E-state index is -1.41. The Kier molecular flexibility index (Phi) is 4.44. The zero-order valence-corrected chi connectivity index (χ0v) is 16.9. The van der Waals surface area contributed by atoms with E-state index in [0.29, 0.717) is 0 Å². The van der Waals surface area contributed by atoms with Crippen molar-refractivity contribution >= 4 is 23.7 Å². The molecule has 1 heterocycles. The summed E-state index contributed by atoms with van der Waals surface area (Å²) < 4.78 is 15.6. The van der Waals surface area contributed by atoms with E-state index in [1.807, 2.05) is 24.3 Å². The second-order valence-electron chi connectivity index (χ2n) is 7.83. The highest BCUT2D eigenvalue weighted by molar-refractivity contribution is 6.03. The van der Waals surface area contributed by atoms with Crippen molar-refractivity contribution in [2.24, 2.45) is 11.3 Å². The van der Waals surface area contributed by atoms with Crippen molar-refractivity contribution in [1.82, 2.24) is 0 Å². The minimum Gasteiger partial charge on any atom is -0.465 e. The number of ether oxygens (including phenoxy) is 3. The summed E-state index contributed by atoms with van der Waals surface area (Å²) in [6.07, 6.45) is 0.00330. The monoisotopic (exact) mass is 399 g/mol. The summed E-state index contributed by atoms with van der Waals surface area (Å²) in [6.45, 7) is 7.99. The Morgan fingerprint density at radius 2 is 1.76 bits per heavy atom. The molecule has 0 bridgehead atoms. The van der Waals surface area contributed by atoms with Crippen molar-refractivity contribution in [3.8, 4) is 0 Å². The van der Waals surface area contributed by atoms with Crippen molar-refractivity contribution in [2.45, 2.75) is 38.1 Å². The summed E-state index contributed by atoms with van der Waals surface area (Å²) in [5.74, 6) is -1.26. The first-order valence-corrected chi connectivity index (χ1v) is 9.88. The van der Waals surface area contributed by atoms with Crippen LogP contribution in [0.25, 0.3) is 0 Å². The van der Waals surface area contributed by atoms with E-state index in [0.717, 1.165) is 16.8 Å². The van der Waals surface area contributed by atoms with Gasteiger partial charge in [-0.3, -0.25) is 14.5 Å². The van der Waals surface area contributed by atoms with E-state index in [4.69, 9.17) is 14.2 Å². The highest BCUT2D eigenvalue weighted by Crippen LogP contribution is 2.72. The highest BCUT2D eigenvalue weighted by atomic mass is 16.6. The Hall–Kier alpha value is -2.83. The first-order valence-electron chi connectivity index (χ1n) is 9.88. The van der Waals surface area contributed by atoms with Crippen LogP contribution in [0.3, 0.4) is 0 Å². The minimum absolute atomic E-state index is 0.128. The molecule has 4 rings (SSSR count). The second-order valence-corrected chi connectivity index (χ2v) is 7.83. The zero-order valence-electron chi connectivity index (χ0n) is 16.9. The number of amides is 1. The molecular weight excluding hydrogens is 374 g/mol. The molecule has 3 aliphatic rings. The molecule has 1 aromatic rings. The smallest absolute Gasteiger partial charge is 0.414 e. The fourth-order valence-corrected chi connectivity index (χ4v) is 5.68. The lowest BCUT2D eigenvalue weighted by molar-refractivity contribution is -0.172. The molecule has 0 N–H and O–H groups in total. The number of para-hydroxylation sites is 1. The molecular formula is C22H25NO6. The van der Waals surface area contributed by atoms with Gasteiger partial charge in [-0.1, -0.05) is 24.8 Å². The molecule has 7 heteroatoms. The first-order chi connectivity index (χ1) is 13.9. The molecule has 2 saturated carbocycles. The first kappa shape index (κ1) is 19.5. The fourth-order valence-electron chi connectivity index (χ4n) is 5.68. The van der Waals surface area contributed by atoms with Crippen LogP contribution in [0.15, 0.2) is 36.4 Å². The number of nitrogens with zero attached hydrogens (tertiary/aromatic N) is 1. The number of rotatable bonds is 4. The molecule has 1 aromatic carbocycles. The largest absolute Gasteiger partial charge is 0.465 e. The van der Waals surface area contributed by atoms with Gasteiger partial charge in [-0.2, -0.15) is 0 Å². The molecule has 2 fully saturated rings. The van der Waals surface area contributed by atoms with E-state index in [2.05, 4.69) is 6.58 Å². The van der Waals surface area contributed by atoms with Crippen molar-refractivity contribution in [2.75, 3.05) is 25.2 Å². The Balaban J connectivity index is 1.85. The lowest BCUT2D eigenvalue weighted by Gasteiger charge is -2.52. The van der Waals surface area contributed by atoms with Gasteiger partial charge in [0.2, 0.25) is 0 Å². The number of benzene rings is 1. The maximum Gasteiger partial charge on any atom is 0.414 e. The van der Waals surface area contributed by atoms with Crippen LogP contribution in [0, 0.1) is 11.3 Å². The van der Waals surface area contributed by atoms with Crippen LogP contribution >= 0.6 is 0 Å². The average Bonchev–Trinajstić information content (AvgIpc) is 3.18. The van der Waals surface area contributed by atoms with E-state index >= 15 is 0 Å². The van der Waals surface area contributed by atoms with Gasteiger partial charge >= 0.3 is 18.0 Å². The molecule has 29 heavy (non-hydrogen) atoms. The Morgan fingerprint density at radius 3 is 2.34 bits per heavy atom. The average molecular weight is 399 g/mol. The number of anilines is 1. The topological polar surface area (TPSA) is 82.1 Å². The van der Waals surface area contributed by atoms with Crippen LogP contribution in [0.4, 0.5) is 10.5 Å². The summed E-state index contributed by atoms with van der Waals surface area (Å²) in [5.41, 5.74) is 0.497. The van der Waals surface area contributed by atoms with Crippen LogP contribution < -0.4 is 4.90 Å². The van der Waals surface area contributed by atoms with Gasteiger partial charge < -0.3 is 14.2 Å². The third kappa shape index (κ3) is 2.27. The molecule has 7 nitrogen and oxygen atoms in total. The van der Waals surface area contributed by atoms with Crippen LogP contribution in [-0.2, 0) is 29.2 Å². The van der Waals surface area contributed by atoms with Crippen molar-refractivity contribution < 1.29 is 28.6 Å². The predicted octanol–water partition coefficient (Wildman–Crippen LogP) is 2.97. The lowest BCUT2D eigenvalue weighted by atomic mass is 9.54. The van der Waals surface area contributed by atoms with E-state index < -0.39 is 28.9 Å². The standard InChI is InChI=1S/C22H25NO6/c1-5-28-18(24)21(19(25)29-6-2)11-15-13(3)17-22(15,12-21)14-9-7-8-10-16(14)23(17)20(26)27-4/h7-10,15,17H,3,5-6,11-12H2,1-2,4H3/t15-,17-,22+/m1/s1. The van der Waals surface area contributed by atoms with Crippen molar-refractivity contribution in [3.63, 3.8) is 0 Å². The van der Waals surface area contributed by atoms with Crippen LogP contribution in [-0.4, -0.2) is 44.4 Å². The number of methoxy groups -OCH3 is 1. The molecule has 154 valence electrons. The molecule has 0 aromatic heterocycles. The normalized spacial score (nSPS) is 28.0. The number of hydrogen-bond donors (Lipinski definition) is 0. The zero-order chi connectivity index (χ0) is 21.0. The molecule has 0 unspecified atom stereocenters. The molecule has 1 aliphatic heterocycles. The summed E-state index contributed by atoms with van der Waals surface area (Å²) in [7, 11) is 1.34. The summed E-state index contributed by atoms with van der Waals surface area (Å²) in [5, 5.41) is 0. The second kappa shape index (κ2) is 6.61. The van der Waals surface area contributed by atoms with Crippen molar-refractivity contribution in [1.29, 1.82) is 0 Å². The van der Waals surface area contributed by atoms with Gasteiger partial charge in [0.1, 0.15) is 0 Å². The quantitative estimate of drug-likeness (QED) is 0.335. The van der Waals surface area contributed by atoms with Crippen LogP contribution in [0.5, 0.6) is 0 Å². The summed E-state index contributed by atoms with van der Waals surface area (Å²) in [6, 6.07) is 7.21. The number of carbonyl (C=O) groups excluding carboxylic acids is 3. The number of carbonyl (C=O) groups is 3. The lowest BCUT2D eigenvalue weighted by Crippen LogP contribution is -2.60. The number of hydrogen-bond acceptors (Lipinski definition) is 6. The van der Waals surface area contributed by atoms with Crippen LogP contribution in [0.1, 0.15) is 32.3 Å². The van der Waals surface area contributed by atoms with Gasteiger partial charge in [0.25, 0.3) is 0 Å². The fraction of sp³-hybridized carbons (Fsp3) is 0.500. The SMILES string of the molecule is C=C1[C@H]2CC(C(=O)OCC)(C(=O)OCC)C[C@]23c2ccccc2N(C(=O)OC)[C@H]13. The summed E-state index contributed by atoms with van der Waals surface area (Å²) >= 11 is 0. The third-order valence-corrected chi connectivity index (χ3v) is 6.68. The molecule has 0 radical (unpaired) electrons. The van der Waals surface area contributed by atoms with Gasteiger partial charge in [-0.15, -0.1) is 0 Å². The van der Waals surface area contributed by atoms with Gasteiger partial charge in [-0.05, 0) is 49.8 Å². The molecule has 1 amide bonds. The maximum absolute atomic E-state index is 13.0. The maximum atomic E-state index is 13.0. The predicted molar refractivity (Wildman–Crippen MR) is 104 cm³/mol. The molecule has 3 atom stereocenters. The Morgan fingerprint density at radius 1 is 1.14 bits per heavy atom. The Labute approximate surface area is 169 Å². The Bertz CT molecular complexity index is 890. The van der Waals surface area contributed by atoms with Gasteiger partial charge in [-0.25, -0.2) is 4.79 Å². The molecule has 2 aliphatic carbocycles. The number of fused-ring (bicyclic) bond motifs is 1. The third-order valence-electron chi connectivity index (χ3n) is 6.68. The van der Waals surface area contributed by atoms with Gasteiger partial charge in [0.15, 0.2) is 5.41 Å². The van der Waals surface area contributed by atoms with E-state index in [1.54, 1.807) is 18.7 Å². The number of esters is 2. The summed E-state index contributed by atoms with van der Waals surface area (Å²) in [4.78, 5) is 40.2. The van der Waals surface area contributed by atoms with Crippen LogP contribution in [0.2, 0.25) is 0 Å². The van der Waals surface area contributed by atoms with Crippen molar-refractivity contribution in [3.05, 3.63) is 42.0 Å². The molecule has 0 saturated heterocycles. The highest BCUT2D eigenvalue weighted by Gasteiger charge is 2.76. The van der Waals surface area contributed by atoms with E-state index in [1.165, 1.54) is 7.11 Å².